The summed E-state index contributed by atoms with van der Waals surface area (Å²) in [5.41, 5.74) is 11.2. The molecule has 0 bridgehead atoms. The number of piperazine rings is 1. The van der Waals surface area contributed by atoms with E-state index in [1.807, 2.05) is 18.2 Å². The van der Waals surface area contributed by atoms with Crippen molar-refractivity contribution in [3.05, 3.63) is 129 Å². The van der Waals surface area contributed by atoms with Gasteiger partial charge in [-0.25, -0.2) is 14.8 Å². The van der Waals surface area contributed by atoms with Gasteiger partial charge in [0.25, 0.3) is 0 Å². The van der Waals surface area contributed by atoms with E-state index in [9.17, 15) is 4.79 Å². The number of anilines is 2. The molecule has 282 valence electrons. The molecule has 2 aliphatic rings. The maximum atomic E-state index is 11.6. The van der Waals surface area contributed by atoms with Crippen LogP contribution in [0, 0.1) is 33.6 Å². The van der Waals surface area contributed by atoms with Gasteiger partial charge in [0, 0.05) is 44.4 Å². The Hall–Kier alpha value is -5.25. The molecule has 0 radical (unpaired) electrons. The minimum absolute atomic E-state index is 0.201. The van der Waals surface area contributed by atoms with Gasteiger partial charge in [-0.2, -0.15) is 15.3 Å². The predicted molar refractivity (Wildman–Crippen MR) is 214 cm³/mol. The van der Waals surface area contributed by atoms with E-state index in [1.54, 1.807) is 6.20 Å². The SMILES string of the molecule is COC(=O)c1cnc(N2CCN(c3nnc(Cc4ccccc4)c(C)c3C)C[C@H]2C)cn1.Cc1c(Cc2ccccc2)nnc(C2CCC[C@H](C)C2)c1C. The lowest BCUT2D eigenvalue weighted by molar-refractivity contribution is 0.0593. The first-order valence-electron chi connectivity index (χ1n) is 19.3. The number of carbonyl (C=O) groups excluding carboxylic acids is 1. The number of hydrogen-bond donors (Lipinski definition) is 0. The highest BCUT2D eigenvalue weighted by atomic mass is 16.5. The molecule has 10 nitrogen and oxygen atoms in total. The van der Waals surface area contributed by atoms with E-state index in [4.69, 9.17) is 4.74 Å². The molecular weight excluding hydrogens is 673 g/mol. The second-order valence-corrected chi connectivity index (χ2v) is 15.0. The second-order valence-electron chi connectivity index (χ2n) is 15.0. The van der Waals surface area contributed by atoms with E-state index < -0.39 is 5.97 Å². The van der Waals surface area contributed by atoms with Crippen LogP contribution in [-0.4, -0.2) is 69.1 Å². The van der Waals surface area contributed by atoms with Gasteiger partial charge in [0.15, 0.2) is 11.5 Å². The first kappa shape index (κ1) is 38.5. The quantitative estimate of drug-likeness (QED) is 0.146. The number of esters is 1. The smallest absolute Gasteiger partial charge is 0.358 e. The Morgan fingerprint density at radius 1 is 0.741 bits per heavy atom. The molecule has 1 unspecified atom stereocenters. The molecule has 0 spiro atoms. The largest absolute Gasteiger partial charge is 0.464 e. The van der Waals surface area contributed by atoms with Crippen LogP contribution in [0.1, 0.15) is 106 Å². The number of benzene rings is 2. The lowest BCUT2D eigenvalue weighted by Gasteiger charge is -2.41. The summed E-state index contributed by atoms with van der Waals surface area (Å²) in [4.78, 5) is 24.7. The van der Waals surface area contributed by atoms with Gasteiger partial charge in [0.1, 0.15) is 5.82 Å². The summed E-state index contributed by atoms with van der Waals surface area (Å²) in [6.07, 6.45) is 10.00. The number of carbonyl (C=O) groups is 1. The Kier molecular flexibility index (Phi) is 12.6. The Bertz CT molecular complexity index is 2010. The number of ether oxygens (including phenoxy) is 1. The molecule has 1 saturated heterocycles. The molecule has 1 aliphatic heterocycles. The van der Waals surface area contributed by atoms with Gasteiger partial charge >= 0.3 is 5.97 Å². The fraction of sp³-hybridized carbons (Fsp3) is 0.432. The van der Waals surface area contributed by atoms with Crippen LogP contribution in [0.4, 0.5) is 11.6 Å². The average molecular weight is 727 g/mol. The molecule has 1 aliphatic carbocycles. The van der Waals surface area contributed by atoms with Gasteiger partial charge in [0.05, 0.1) is 36.6 Å². The lowest BCUT2D eigenvalue weighted by Crippen LogP contribution is -2.53. The molecule has 54 heavy (non-hydrogen) atoms. The van der Waals surface area contributed by atoms with Crippen molar-refractivity contribution in [2.75, 3.05) is 36.5 Å². The number of hydrogen-bond acceptors (Lipinski definition) is 10. The first-order valence-corrected chi connectivity index (χ1v) is 19.3. The second kappa shape index (κ2) is 17.7. The normalized spacial score (nSPS) is 18.5. The van der Waals surface area contributed by atoms with Crippen molar-refractivity contribution in [1.82, 2.24) is 30.4 Å². The Labute approximate surface area is 320 Å². The van der Waals surface area contributed by atoms with Crippen molar-refractivity contribution >= 4 is 17.6 Å². The summed E-state index contributed by atoms with van der Waals surface area (Å²) in [7, 11) is 1.33. The van der Waals surface area contributed by atoms with E-state index >= 15 is 0 Å². The molecule has 0 N–H and O–H groups in total. The first-order chi connectivity index (χ1) is 26.1. The molecule has 1 saturated carbocycles. The highest BCUT2D eigenvalue weighted by Gasteiger charge is 2.28. The zero-order valence-electron chi connectivity index (χ0n) is 32.9. The van der Waals surface area contributed by atoms with Gasteiger partial charge < -0.3 is 14.5 Å². The van der Waals surface area contributed by atoms with Crippen molar-refractivity contribution in [3.8, 4) is 0 Å². The van der Waals surface area contributed by atoms with Crippen LogP contribution in [0.3, 0.4) is 0 Å². The Balaban J connectivity index is 0.000000197. The third kappa shape index (κ3) is 9.09. The summed E-state index contributed by atoms with van der Waals surface area (Å²) >= 11 is 0. The molecule has 4 heterocycles. The molecule has 7 rings (SSSR count). The van der Waals surface area contributed by atoms with Crippen molar-refractivity contribution in [1.29, 1.82) is 0 Å². The van der Waals surface area contributed by atoms with Crippen LogP contribution >= 0.6 is 0 Å². The molecule has 0 amide bonds. The number of rotatable bonds is 8. The maximum Gasteiger partial charge on any atom is 0.358 e. The van der Waals surface area contributed by atoms with Crippen LogP contribution in [0.5, 0.6) is 0 Å². The number of aromatic nitrogens is 6. The standard InChI is InChI=1S/C24H28N6O2.C20H26N2/c1-16-15-29(10-11-30(16)22-14-25-21(13-26-22)24(31)32-4)23-18(3)17(2)20(27-28-23)12-19-8-6-5-7-9-19;1-14-8-7-11-18(12-14)20-16(3)15(2)19(21-22-20)13-17-9-5-4-6-10-17/h5-9,13-14,16H,10-12,15H2,1-4H3;4-6,9-10,14,18H,7-8,11-13H2,1-3H3/t16-;14-,18?/m10/s1. The minimum atomic E-state index is -0.484. The monoisotopic (exact) mass is 726 g/mol. The van der Waals surface area contributed by atoms with Gasteiger partial charge in [-0.3, -0.25) is 0 Å². The van der Waals surface area contributed by atoms with Crippen LogP contribution < -0.4 is 9.80 Å². The van der Waals surface area contributed by atoms with Crippen molar-refractivity contribution in [2.24, 2.45) is 5.92 Å². The molecule has 3 atom stereocenters. The van der Waals surface area contributed by atoms with Crippen molar-refractivity contribution in [3.63, 3.8) is 0 Å². The predicted octanol–water partition coefficient (Wildman–Crippen LogP) is 7.95. The van der Waals surface area contributed by atoms with E-state index in [1.165, 1.54) is 78.1 Å². The summed E-state index contributed by atoms with van der Waals surface area (Å²) in [5.74, 6) is 2.65. The Morgan fingerprint density at radius 3 is 1.94 bits per heavy atom. The molecule has 2 aromatic carbocycles. The van der Waals surface area contributed by atoms with Crippen LogP contribution in [0.25, 0.3) is 0 Å². The highest BCUT2D eigenvalue weighted by Crippen LogP contribution is 2.37. The molecule has 2 fully saturated rings. The maximum absolute atomic E-state index is 11.6. The number of methoxy groups -OCH3 is 1. The topological polar surface area (TPSA) is 110 Å². The zero-order valence-corrected chi connectivity index (χ0v) is 32.9. The molecule has 5 aromatic rings. The van der Waals surface area contributed by atoms with Gasteiger partial charge in [-0.1, -0.05) is 80.4 Å². The summed E-state index contributed by atoms with van der Waals surface area (Å²) in [5, 5.41) is 18.4. The zero-order chi connectivity index (χ0) is 38.2. The van der Waals surface area contributed by atoms with Crippen molar-refractivity contribution < 1.29 is 9.53 Å². The van der Waals surface area contributed by atoms with Gasteiger partial charge in [-0.05, 0) is 86.8 Å². The molecule has 10 heteroatoms. The summed E-state index contributed by atoms with van der Waals surface area (Å²) in [6.45, 7) is 15.6. The minimum Gasteiger partial charge on any atom is -0.464 e. The van der Waals surface area contributed by atoms with Gasteiger partial charge in [0.2, 0.25) is 0 Å². The third-order valence-corrected chi connectivity index (χ3v) is 11.3. The van der Waals surface area contributed by atoms with E-state index in [-0.39, 0.29) is 11.7 Å². The average Bonchev–Trinajstić information content (AvgIpc) is 3.19. The Morgan fingerprint density at radius 2 is 1.37 bits per heavy atom. The fourth-order valence-corrected chi connectivity index (χ4v) is 7.77. The molecular formula is C44H54N8O2. The van der Waals surface area contributed by atoms with Crippen molar-refractivity contribution in [2.45, 2.75) is 92.0 Å². The van der Waals surface area contributed by atoms with Crippen LogP contribution in [-0.2, 0) is 17.6 Å². The highest BCUT2D eigenvalue weighted by molar-refractivity contribution is 5.86. The number of nitrogens with zero attached hydrogens (tertiary/aromatic N) is 8. The summed E-state index contributed by atoms with van der Waals surface area (Å²) in [6, 6.07) is 21.1. The van der Waals surface area contributed by atoms with E-state index in [0.29, 0.717) is 5.92 Å². The fourth-order valence-electron chi connectivity index (χ4n) is 7.77. The summed E-state index contributed by atoms with van der Waals surface area (Å²) < 4.78 is 4.69. The van der Waals surface area contributed by atoms with Crippen LogP contribution in [0.2, 0.25) is 0 Å². The van der Waals surface area contributed by atoms with E-state index in [2.05, 4.69) is 124 Å². The van der Waals surface area contributed by atoms with E-state index in [0.717, 1.165) is 61.4 Å². The molecule has 3 aromatic heterocycles. The third-order valence-electron chi connectivity index (χ3n) is 11.3. The van der Waals surface area contributed by atoms with Crippen LogP contribution in [0.15, 0.2) is 73.1 Å². The lowest BCUT2D eigenvalue weighted by atomic mass is 9.79. The van der Waals surface area contributed by atoms with Gasteiger partial charge in [-0.15, -0.1) is 5.10 Å².